The standard InChI is InChI=1S/C61H73F2N7O5/c1-35(2)55(68-61(73)75-28-26-63)59(71)69-51-11-7-5-9-43(51)33-53(69)57-64-47-23-21-41(31-49(47)66-57)45-29-37-13-17-39(45)18-14-38-16-20-40(19-15-37)46(30-38)42-22-24-48-50(32-42)67-58(65-48)54-34-44-10-6-8-12-52(44)70(54)60(72)56(36(3)4)74-27-25-62/h13,16-17,20-24,29-32,35-36,43-44,51-56H,5-12,14-15,18-19,25-28,33-34H2,1-4H3,(H,64,66)(H,65,67)(H,68,73)/t43-,44-,51-,52-,53-,54-,55-,56-/m0/s1. The van der Waals surface area contributed by atoms with E-state index in [4.69, 9.17) is 19.4 Å². The number of rotatable bonds is 14. The molecule has 6 aromatic rings. The number of aryl methyl sites for hydroxylation is 4. The molecule has 0 unspecified atom stereocenters. The summed E-state index contributed by atoms with van der Waals surface area (Å²) in [6.45, 7) is 5.92. The van der Waals surface area contributed by atoms with Crippen LogP contribution in [0.4, 0.5) is 13.6 Å². The summed E-state index contributed by atoms with van der Waals surface area (Å²) in [7, 11) is 0. The largest absolute Gasteiger partial charge is 0.447 e. The van der Waals surface area contributed by atoms with Gasteiger partial charge in [0.15, 0.2) is 0 Å². The van der Waals surface area contributed by atoms with Gasteiger partial charge in [-0.25, -0.2) is 23.5 Å². The first-order valence-corrected chi connectivity index (χ1v) is 28.0. The molecule has 6 aliphatic carbocycles. The Hall–Kier alpha value is -6.15. The molecule has 3 amide bonds. The van der Waals surface area contributed by atoms with Crippen LogP contribution >= 0.6 is 0 Å². The number of halogens is 2. The molecule has 2 aromatic heterocycles. The van der Waals surface area contributed by atoms with Gasteiger partial charge in [-0.05, 0) is 157 Å². The molecule has 75 heavy (non-hydrogen) atoms. The smallest absolute Gasteiger partial charge is 0.407 e. The third-order valence-electron chi connectivity index (χ3n) is 17.4. The number of hydrogen-bond donors (Lipinski definition) is 3. The Labute approximate surface area is 439 Å². The molecule has 8 atom stereocenters. The van der Waals surface area contributed by atoms with Crippen molar-refractivity contribution in [2.75, 3.05) is 26.6 Å². The number of ether oxygens (including phenoxy) is 2. The zero-order valence-electron chi connectivity index (χ0n) is 44.0. The zero-order valence-corrected chi connectivity index (χ0v) is 44.0. The van der Waals surface area contributed by atoms with E-state index in [1.165, 1.54) is 39.8 Å². The summed E-state index contributed by atoms with van der Waals surface area (Å²) in [5.74, 6) is 1.85. The summed E-state index contributed by atoms with van der Waals surface area (Å²) >= 11 is 0. The van der Waals surface area contributed by atoms with Crippen molar-refractivity contribution < 1.29 is 32.6 Å². The van der Waals surface area contributed by atoms with Crippen LogP contribution in [-0.4, -0.2) is 98.4 Å². The number of likely N-dealkylation sites (tertiary alicyclic amines) is 2. The molecule has 0 spiro atoms. The van der Waals surface area contributed by atoms with E-state index in [1.807, 2.05) is 32.6 Å². The Morgan fingerprint density at radius 3 is 1.63 bits per heavy atom. The van der Waals surface area contributed by atoms with Crippen LogP contribution in [0.3, 0.4) is 0 Å². The number of imidazole rings is 2. The average Bonchev–Trinajstić information content (AvgIpc) is 4.23. The van der Waals surface area contributed by atoms with Crippen LogP contribution in [0.2, 0.25) is 0 Å². The van der Waals surface area contributed by atoms with E-state index in [-0.39, 0.29) is 61.0 Å². The van der Waals surface area contributed by atoms with Crippen LogP contribution in [0, 0.1) is 23.7 Å². The summed E-state index contributed by atoms with van der Waals surface area (Å²) < 4.78 is 37.0. The normalized spacial score (nSPS) is 23.4. The molecule has 2 saturated carbocycles. The Morgan fingerprint density at radius 2 is 1.13 bits per heavy atom. The lowest BCUT2D eigenvalue weighted by molar-refractivity contribution is -0.151. The number of H-pyrrole nitrogens is 2. The molecule has 4 fully saturated rings. The Morgan fingerprint density at radius 1 is 0.627 bits per heavy atom. The molecule has 4 heterocycles. The molecular weight excluding hydrogens is 949 g/mol. The molecule has 2 aliphatic heterocycles. The molecule has 8 aliphatic rings. The second-order valence-corrected chi connectivity index (χ2v) is 22.8. The van der Waals surface area contributed by atoms with Crippen LogP contribution in [0.1, 0.15) is 138 Å². The zero-order chi connectivity index (χ0) is 51.9. The molecular formula is C61H73F2N7O5. The number of alkyl halides is 2. The maximum absolute atomic E-state index is 14.6. The minimum Gasteiger partial charge on any atom is -0.447 e. The first-order valence-electron chi connectivity index (χ1n) is 28.0. The number of nitrogens with zero attached hydrogens (tertiary/aromatic N) is 4. The van der Waals surface area contributed by atoms with Crippen LogP contribution < -0.4 is 5.32 Å². The van der Waals surface area contributed by atoms with Crippen molar-refractivity contribution in [1.82, 2.24) is 35.1 Å². The number of fused-ring (bicyclic) bond motifs is 4. The lowest BCUT2D eigenvalue weighted by Gasteiger charge is -2.36. The number of carbonyl (C=O) groups excluding carboxylic acids is 3. The fourth-order valence-corrected chi connectivity index (χ4v) is 13.7. The van der Waals surface area contributed by atoms with Crippen molar-refractivity contribution >= 4 is 40.0 Å². The van der Waals surface area contributed by atoms with Crippen molar-refractivity contribution in [3.05, 3.63) is 107 Å². The number of benzene rings is 4. The van der Waals surface area contributed by atoms with Crippen molar-refractivity contribution in [3.63, 3.8) is 0 Å². The molecule has 14 heteroatoms. The molecule has 12 nitrogen and oxygen atoms in total. The van der Waals surface area contributed by atoms with Crippen molar-refractivity contribution in [2.24, 2.45) is 23.7 Å². The third-order valence-corrected chi connectivity index (χ3v) is 17.4. The lowest BCUT2D eigenvalue weighted by Crippen LogP contribution is -2.54. The fourth-order valence-electron chi connectivity index (χ4n) is 13.7. The van der Waals surface area contributed by atoms with Gasteiger partial charge in [-0.2, -0.15) is 0 Å². The van der Waals surface area contributed by atoms with E-state index in [9.17, 15) is 23.2 Å². The highest BCUT2D eigenvalue weighted by Gasteiger charge is 2.50. The number of aromatic nitrogens is 4. The van der Waals surface area contributed by atoms with E-state index in [2.05, 4.69) is 93.0 Å². The quantitative estimate of drug-likeness (QED) is 0.0985. The van der Waals surface area contributed by atoms with Crippen molar-refractivity contribution in [1.29, 1.82) is 0 Å². The van der Waals surface area contributed by atoms with Crippen LogP contribution in [0.5, 0.6) is 0 Å². The molecule has 396 valence electrons. The number of carbonyl (C=O) groups is 3. The van der Waals surface area contributed by atoms with Crippen LogP contribution in [0.15, 0.2) is 72.8 Å². The van der Waals surface area contributed by atoms with Crippen LogP contribution in [0.25, 0.3) is 44.3 Å². The van der Waals surface area contributed by atoms with E-state index in [0.29, 0.717) is 11.8 Å². The highest BCUT2D eigenvalue weighted by molar-refractivity contribution is 5.88. The maximum atomic E-state index is 14.6. The fraction of sp³-hybridized carbons (Fsp3) is 0.525. The number of aromatic amines is 2. The summed E-state index contributed by atoms with van der Waals surface area (Å²) in [4.78, 5) is 63.4. The van der Waals surface area contributed by atoms with Crippen molar-refractivity contribution in [3.8, 4) is 22.3 Å². The van der Waals surface area contributed by atoms with E-state index in [1.54, 1.807) is 0 Å². The summed E-state index contributed by atoms with van der Waals surface area (Å²) in [5.41, 5.74) is 13.3. The summed E-state index contributed by atoms with van der Waals surface area (Å²) in [6.07, 6.45) is 12.1. The summed E-state index contributed by atoms with van der Waals surface area (Å²) in [6, 6.07) is 25.8. The van der Waals surface area contributed by atoms with Gasteiger partial charge in [-0.15, -0.1) is 0 Å². The Kier molecular flexibility index (Phi) is 14.8. The van der Waals surface area contributed by atoms with Gasteiger partial charge in [-0.1, -0.05) is 102 Å². The Balaban J connectivity index is 0.841. The third kappa shape index (κ3) is 10.2. The molecule has 14 rings (SSSR count). The average molecular weight is 1020 g/mol. The molecule has 4 aromatic carbocycles. The monoisotopic (exact) mass is 1020 g/mol. The second-order valence-electron chi connectivity index (χ2n) is 22.8. The Bertz CT molecular complexity index is 3060. The minimum atomic E-state index is -0.814. The van der Waals surface area contributed by atoms with Gasteiger partial charge in [0.05, 0.1) is 40.8 Å². The SMILES string of the molecule is CC(C)[C@H](NC(=O)OCCF)C(=O)N1[C@H](c2nc3cc(-c4cc5ccc4CCc4ccc(c(-c6ccc7[nH]c([C@@H]8C[C@@H]9CCCC[C@@H]9N8C(=O)[C@@H](OCCF)C(C)C)nc7c6)c4)CC5)ccc3[nH]2)C[C@@H]2CCCC[C@@H]21. The molecule has 0 radical (unpaired) electrons. The predicted molar refractivity (Wildman–Crippen MR) is 287 cm³/mol. The highest BCUT2D eigenvalue weighted by Crippen LogP contribution is 2.48. The van der Waals surface area contributed by atoms with Gasteiger partial charge in [0, 0.05) is 12.1 Å². The number of alkyl carbamates (subject to hydrolysis) is 1. The lowest BCUT2D eigenvalue weighted by atomic mass is 9.84. The number of hydrogen-bond acceptors (Lipinski definition) is 7. The first-order chi connectivity index (χ1) is 36.5. The van der Waals surface area contributed by atoms with E-state index >= 15 is 0 Å². The topological polar surface area (TPSA) is 146 Å². The number of nitrogens with one attached hydrogen (secondary N) is 3. The molecule has 4 bridgehead atoms. The van der Waals surface area contributed by atoms with E-state index < -0.39 is 31.6 Å². The van der Waals surface area contributed by atoms with Gasteiger partial charge in [0.25, 0.3) is 5.91 Å². The van der Waals surface area contributed by atoms with Gasteiger partial charge in [0.1, 0.15) is 43.8 Å². The molecule has 2 saturated heterocycles. The van der Waals surface area contributed by atoms with E-state index in [0.717, 1.165) is 128 Å². The maximum Gasteiger partial charge on any atom is 0.407 e. The van der Waals surface area contributed by atoms with Gasteiger partial charge < -0.3 is 34.6 Å². The number of amides is 3. The first kappa shape index (κ1) is 51.0. The molecule has 3 N–H and O–H groups in total. The second kappa shape index (κ2) is 21.8. The van der Waals surface area contributed by atoms with Crippen LogP contribution in [-0.2, 0) is 44.7 Å². The van der Waals surface area contributed by atoms with Gasteiger partial charge in [-0.3, -0.25) is 9.59 Å². The minimum absolute atomic E-state index is 0.0475. The van der Waals surface area contributed by atoms with Gasteiger partial charge in [0.2, 0.25) is 5.91 Å². The van der Waals surface area contributed by atoms with Crippen molar-refractivity contribution in [2.45, 2.75) is 154 Å². The predicted octanol–water partition coefficient (Wildman–Crippen LogP) is 12.1. The summed E-state index contributed by atoms with van der Waals surface area (Å²) in [5, 5.41) is 2.76. The highest BCUT2D eigenvalue weighted by atomic mass is 19.1. The van der Waals surface area contributed by atoms with Gasteiger partial charge >= 0.3 is 6.09 Å².